The first-order valence-electron chi connectivity index (χ1n) is 3.01. The van der Waals surface area contributed by atoms with Crippen LogP contribution in [-0.2, 0) is 0 Å². The van der Waals surface area contributed by atoms with Gasteiger partial charge in [-0.25, -0.2) is 0 Å². The minimum atomic E-state index is 0. The second-order valence-corrected chi connectivity index (χ2v) is 2.40. The molecule has 3 N–H and O–H groups in total. The molecule has 0 fully saturated rings. The molecule has 58 valence electrons. The minimum Gasteiger partial charge on any atom is -0.382 e. The number of aromatic amines is 1. The molecule has 1 heterocycles. The minimum absolute atomic E-state index is 0. The van der Waals surface area contributed by atoms with Crippen LogP contribution >= 0.6 is 12.4 Å². The maximum absolute atomic E-state index is 5.37. The molecule has 0 amide bonds. The predicted molar refractivity (Wildman–Crippen MR) is 44.3 cm³/mol. The summed E-state index contributed by atoms with van der Waals surface area (Å²) in [7, 11) is 0. The third kappa shape index (κ3) is 1.92. The first kappa shape index (κ1) is 9.30. The number of nitrogens with one attached hydrogen (secondary N) is 1. The van der Waals surface area contributed by atoms with Crippen molar-refractivity contribution in [2.24, 2.45) is 0 Å². The zero-order valence-electron chi connectivity index (χ0n) is 6.09. The van der Waals surface area contributed by atoms with Crippen molar-refractivity contribution in [1.29, 1.82) is 0 Å². The van der Waals surface area contributed by atoms with Crippen LogP contribution in [0.15, 0.2) is 6.07 Å². The second-order valence-electron chi connectivity index (χ2n) is 2.40. The summed E-state index contributed by atoms with van der Waals surface area (Å²) in [6, 6.07) is 1.85. The molecule has 1 aromatic heterocycles. The van der Waals surface area contributed by atoms with Gasteiger partial charge < -0.3 is 5.73 Å². The summed E-state index contributed by atoms with van der Waals surface area (Å²) in [5.74, 6) is 1.05. The van der Waals surface area contributed by atoms with Gasteiger partial charge >= 0.3 is 0 Å². The van der Waals surface area contributed by atoms with Crippen LogP contribution in [0, 0.1) is 0 Å². The Hall–Kier alpha value is -0.700. The average molecular weight is 162 g/mol. The number of rotatable bonds is 1. The fraction of sp³-hybridized carbons (Fsp3) is 0.500. The van der Waals surface area contributed by atoms with E-state index >= 15 is 0 Å². The molecule has 0 unspecified atom stereocenters. The van der Waals surface area contributed by atoms with Crippen molar-refractivity contribution in [3.8, 4) is 0 Å². The van der Waals surface area contributed by atoms with Crippen LogP contribution in [0.25, 0.3) is 0 Å². The smallest absolute Gasteiger partial charge is 0.145 e. The quantitative estimate of drug-likeness (QED) is 0.657. The second kappa shape index (κ2) is 3.46. The lowest BCUT2D eigenvalue weighted by Gasteiger charge is -1.95. The summed E-state index contributed by atoms with van der Waals surface area (Å²) < 4.78 is 0. The van der Waals surface area contributed by atoms with Crippen LogP contribution in [0.4, 0.5) is 5.82 Å². The van der Waals surface area contributed by atoms with Gasteiger partial charge in [0.1, 0.15) is 5.82 Å². The van der Waals surface area contributed by atoms with Crippen LogP contribution in [0.2, 0.25) is 0 Å². The number of nitrogens with two attached hydrogens (primary N) is 1. The highest BCUT2D eigenvalue weighted by Crippen LogP contribution is 2.11. The normalized spacial score (nSPS) is 9.50. The number of anilines is 1. The van der Waals surface area contributed by atoms with E-state index in [1.807, 2.05) is 6.07 Å². The van der Waals surface area contributed by atoms with Gasteiger partial charge in [-0.05, 0) is 5.92 Å². The fourth-order valence-electron chi connectivity index (χ4n) is 0.649. The fourth-order valence-corrected chi connectivity index (χ4v) is 0.649. The van der Waals surface area contributed by atoms with E-state index in [9.17, 15) is 0 Å². The van der Waals surface area contributed by atoms with Crippen molar-refractivity contribution < 1.29 is 0 Å². The molecule has 1 aromatic rings. The van der Waals surface area contributed by atoms with Gasteiger partial charge in [0.25, 0.3) is 0 Å². The third-order valence-corrected chi connectivity index (χ3v) is 1.24. The van der Waals surface area contributed by atoms with Gasteiger partial charge in [-0.3, -0.25) is 5.10 Å². The molecular formula is C6H12ClN3. The Morgan fingerprint density at radius 1 is 1.60 bits per heavy atom. The van der Waals surface area contributed by atoms with Gasteiger partial charge in [0, 0.05) is 11.8 Å². The van der Waals surface area contributed by atoms with Gasteiger partial charge in [-0.2, -0.15) is 5.10 Å². The van der Waals surface area contributed by atoms with E-state index in [1.165, 1.54) is 0 Å². The predicted octanol–water partition coefficient (Wildman–Crippen LogP) is 1.54. The molecule has 0 aromatic carbocycles. The van der Waals surface area contributed by atoms with E-state index in [2.05, 4.69) is 24.0 Å². The topological polar surface area (TPSA) is 54.7 Å². The van der Waals surface area contributed by atoms with Crippen molar-refractivity contribution in [1.82, 2.24) is 10.2 Å². The van der Waals surface area contributed by atoms with Gasteiger partial charge in [0.05, 0.1) is 0 Å². The molecule has 10 heavy (non-hydrogen) atoms. The zero-order valence-corrected chi connectivity index (χ0v) is 6.90. The maximum Gasteiger partial charge on any atom is 0.145 e. The van der Waals surface area contributed by atoms with Crippen molar-refractivity contribution in [2.45, 2.75) is 19.8 Å². The van der Waals surface area contributed by atoms with Gasteiger partial charge in [-0.1, -0.05) is 13.8 Å². The molecule has 0 aliphatic carbocycles. The Morgan fingerprint density at radius 2 is 2.20 bits per heavy atom. The lowest BCUT2D eigenvalue weighted by molar-refractivity contribution is 0.811. The molecule has 0 aliphatic rings. The number of H-pyrrole nitrogens is 1. The Labute approximate surface area is 66.4 Å². The highest BCUT2D eigenvalue weighted by molar-refractivity contribution is 5.85. The summed E-state index contributed by atoms with van der Waals surface area (Å²) >= 11 is 0. The van der Waals surface area contributed by atoms with E-state index in [4.69, 9.17) is 5.73 Å². The summed E-state index contributed by atoms with van der Waals surface area (Å²) in [5, 5.41) is 6.62. The molecule has 3 nitrogen and oxygen atoms in total. The Balaban J connectivity index is 0.000000810. The number of nitrogens with zero attached hydrogens (tertiary/aromatic N) is 1. The zero-order chi connectivity index (χ0) is 6.85. The molecule has 0 saturated heterocycles. The summed E-state index contributed by atoms with van der Waals surface area (Å²) in [4.78, 5) is 0. The van der Waals surface area contributed by atoms with Crippen molar-refractivity contribution in [3.05, 3.63) is 11.8 Å². The summed E-state index contributed by atoms with van der Waals surface area (Å²) in [6.45, 7) is 4.18. The van der Waals surface area contributed by atoms with Crippen molar-refractivity contribution >= 4 is 18.2 Å². The Morgan fingerprint density at radius 3 is 2.40 bits per heavy atom. The van der Waals surface area contributed by atoms with E-state index in [-0.39, 0.29) is 12.4 Å². The molecule has 0 aliphatic heterocycles. The maximum atomic E-state index is 5.37. The summed E-state index contributed by atoms with van der Waals surface area (Å²) in [5.41, 5.74) is 6.46. The molecule has 0 spiro atoms. The largest absolute Gasteiger partial charge is 0.382 e. The van der Waals surface area contributed by atoms with Crippen LogP contribution < -0.4 is 5.73 Å². The number of aromatic nitrogens is 2. The van der Waals surface area contributed by atoms with Crippen molar-refractivity contribution in [2.75, 3.05) is 5.73 Å². The monoisotopic (exact) mass is 161 g/mol. The number of hydrogen-bond donors (Lipinski definition) is 2. The molecule has 4 heteroatoms. The van der Waals surface area contributed by atoms with Gasteiger partial charge in [0.2, 0.25) is 0 Å². The molecule has 0 atom stereocenters. The molecule has 1 rings (SSSR count). The van der Waals surface area contributed by atoms with Gasteiger partial charge in [-0.15, -0.1) is 12.4 Å². The highest BCUT2D eigenvalue weighted by Gasteiger charge is 2.00. The molecule has 0 radical (unpaired) electrons. The number of halogens is 1. The lowest BCUT2D eigenvalue weighted by atomic mass is 10.1. The first-order valence-corrected chi connectivity index (χ1v) is 3.01. The molecule has 0 bridgehead atoms. The van der Waals surface area contributed by atoms with Crippen molar-refractivity contribution in [3.63, 3.8) is 0 Å². The third-order valence-electron chi connectivity index (χ3n) is 1.24. The lowest BCUT2D eigenvalue weighted by Crippen LogP contribution is -1.85. The van der Waals surface area contributed by atoms with Crippen LogP contribution in [-0.4, -0.2) is 10.2 Å². The van der Waals surface area contributed by atoms with Crippen LogP contribution in [0.3, 0.4) is 0 Å². The van der Waals surface area contributed by atoms with Crippen LogP contribution in [0.1, 0.15) is 25.5 Å². The Kier molecular flexibility index (Phi) is 3.22. The van der Waals surface area contributed by atoms with E-state index in [0.717, 1.165) is 5.69 Å². The molecule has 0 saturated carbocycles. The van der Waals surface area contributed by atoms with Crippen LogP contribution in [0.5, 0.6) is 0 Å². The number of nitrogen functional groups attached to an aromatic ring is 1. The van der Waals surface area contributed by atoms with E-state index in [1.54, 1.807) is 0 Å². The summed E-state index contributed by atoms with van der Waals surface area (Å²) in [6.07, 6.45) is 0. The number of hydrogen-bond acceptors (Lipinski definition) is 2. The Bertz CT molecular complexity index is 195. The highest BCUT2D eigenvalue weighted by atomic mass is 35.5. The first-order chi connectivity index (χ1) is 4.20. The average Bonchev–Trinajstić information content (AvgIpc) is 2.14. The SMILES string of the molecule is CC(C)c1cc(N)n[nH]1.Cl. The van der Waals surface area contributed by atoms with E-state index < -0.39 is 0 Å². The standard InChI is InChI=1S/C6H11N3.ClH/c1-4(2)5-3-6(7)9-8-5;/h3-4H,1-2H3,(H3,7,8,9);1H. The van der Waals surface area contributed by atoms with Gasteiger partial charge in [0.15, 0.2) is 0 Å². The molecular weight excluding hydrogens is 150 g/mol. The van der Waals surface area contributed by atoms with E-state index in [0.29, 0.717) is 11.7 Å².